The Bertz CT molecular complexity index is 1190. The molecule has 7 heteroatoms. The summed E-state index contributed by atoms with van der Waals surface area (Å²) in [5.41, 5.74) is 0.911. The average Bonchev–Trinajstić information content (AvgIpc) is 2.78. The van der Waals surface area contributed by atoms with Crippen LogP contribution in [0.1, 0.15) is 17.2 Å². The van der Waals surface area contributed by atoms with Crippen molar-refractivity contribution in [2.75, 3.05) is 10.6 Å². The molecule has 4 aromatic rings. The highest BCUT2D eigenvalue weighted by Gasteiger charge is 2.31. The third kappa shape index (κ3) is 4.66. The van der Waals surface area contributed by atoms with Crippen molar-refractivity contribution in [1.82, 2.24) is 4.98 Å². The predicted octanol–water partition coefficient (Wildman–Crippen LogP) is 6.05. The molecule has 0 radical (unpaired) electrons. The highest BCUT2D eigenvalue weighted by molar-refractivity contribution is 6.04. The van der Waals surface area contributed by atoms with E-state index in [1.54, 1.807) is 42.7 Å². The lowest BCUT2D eigenvalue weighted by Crippen LogP contribution is -2.27. The first-order chi connectivity index (χ1) is 14.9. The van der Waals surface area contributed by atoms with E-state index in [-0.39, 0.29) is 0 Å². The van der Waals surface area contributed by atoms with E-state index >= 15 is 0 Å². The quantitative estimate of drug-likeness (QED) is 0.413. The second kappa shape index (κ2) is 8.47. The average molecular weight is 421 g/mol. The minimum Gasteiger partial charge on any atom is -0.370 e. The van der Waals surface area contributed by atoms with Crippen molar-refractivity contribution in [1.29, 1.82) is 0 Å². The van der Waals surface area contributed by atoms with Gasteiger partial charge in [0.25, 0.3) is 5.91 Å². The van der Waals surface area contributed by atoms with Crippen molar-refractivity contribution < 1.29 is 18.0 Å². The first kappa shape index (κ1) is 20.4. The summed E-state index contributed by atoms with van der Waals surface area (Å²) in [6, 6.07) is 20.0. The summed E-state index contributed by atoms with van der Waals surface area (Å²) in [6.07, 6.45) is -1.12. The smallest absolute Gasteiger partial charge is 0.370 e. The van der Waals surface area contributed by atoms with Crippen LogP contribution in [0.3, 0.4) is 0 Å². The molecule has 31 heavy (non-hydrogen) atoms. The zero-order valence-electron chi connectivity index (χ0n) is 16.2. The number of nitrogens with one attached hydrogen (secondary N) is 2. The molecule has 0 fully saturated rings. The fourth-order valence-corrected chi connectivity index (χ4v) is 3.30. The topological polar surface area (TPSA) is 54.0 Å². The zero-order valence-corrected chi connectivity index (χ0v) is 16.2. The number of carbonyl (C=O) groups excluding carboxylic acids is 1. The molecule has 0 saturated heterocycles. The summed E-state index contributed by atoms with van der Waals surface area (Å²) in [6.45, 7) is 0. The van der Waals surface area contributed by atoms with Crippen LogP contribution in [0.2, 0.25) is 0 Å². The van der Waals surface area contributed by atoms with E-state index in [1.807, 2.05) is 24.3 Å². The van der Waals surface area contributed by atoms with Crippen molar-refractivity contribution in [2.24, 2.45) is 0 Å². The van der Waals surface area contributed by atoms with Gasteiger partial charge >= 0.3 is 6.18 Å². The van der Waals surface area contributed by atoms with Crippen molar-refractivity contribution >= 4 is 28.1 Å². The van der Waals surface area contributed by atoms with Crippen molar-refractivity contribution in [3.05, 3.63) is 102 Å². The number of pyridine rings is 1. The lowest BCUT2D eigenvalue weighted by Gasteiger charge is -2.21. The molecule has 0 aliphatic rings. The molecule has 0 bridgehead atoms. The number of hydrogen-bond donors (Lipinski definition) is 2. The maximum atomic E-state index is 13.2. The maximum Gasteiger partial charge on any atom is 0.416 e. The molecular weight excluding hydrogens is 403 g/mol. The van der Waals surface area contributed by atoms with Crippen molar-refractivity contribution in [3.8, 4) is 0 Å². The van der Waals surface area contributed by atoms with Crippen LogP contribution in [-0.4, -0.2) is 10.9 Å². The summed E-state index contributed by atoms with van der Waals surface area (Å²) in [5.74, 6) is -0.395. The molecule has 1 amide bonds. The fraction of sp³-hybridized carbons (Fsp3) is 0.0833. The van der Waals surface area contributed by atoms with Gasteiger partial charge in [0.15, 0.2) is 0 Å². The molecule has 0 unspecified atom stereocenters. The van der Waals surface area contributed by atoms with Crippen LogP contribution in [0.15, 0.2) is 91.3 Å². The number of fused-ring (bicyclic) bond motifs is 1. The molecule has 0 aliphatic heterocycles. The molecule has 4 rings (SSSR count). The van der Waals surface area contributed by atoms with E-state index in [0.717, 1.165) is 22.9 Å². The number of alkyl halides is 3. The third-order valence-electron chi connectivity index (χ3n) is 4.86. The molecular formula is C24H18F3N3O. The van der Waals surface area contributed by atoms with Crippen molar-refractivity contribution in [3.63, 3.8) is 0 Å². The van der Waals surface area contributed by atoms with Crippen LogP contribution in [-0.2, 0) is 11.0 Å². The second-order valence-electron chi connectivity index (χ2n) is 6.95. The monoisotopic (exact) mass is 421 g/mol. The number of rotatable bonds is 5. The standard InChI is InChI=1S/C24H18F3N3O/c25-24(26,27)18-11-9-16(10-12-18)22(29-19-6-2-1-3-7-19)23(31)30-21-8-4-5-17-15-28-14-13-20(17)21/h1-15,22,29H,(H,30,31)/t22-/m1/s1. The van der Waals surface area contributed by atoms with Gasteiger partial charge < -0.3 is 10.6 Å². The SMILES string of the molecule is O=C(Nc1cccc2cnccc12)[C@H](Nc1ccccc1)c1ccc(C(F)(F)F)cc1. The molecule has 156 valence electrons. The van der Waals surface area contributed by atoms with E-state index in [1.165, 1.54) is 12.1 Å². The summed E-state index contributed by atoms with van der Waals surface area (Å²) in [7, 11) is 0. The van der Waals surface area contributed by atoms with Gasteiger partial charge in [0, 0.05) is 34.5 Å². The Balaban J connectivity index is 1.67. The number of benzene rings is 3. The molecule has 0 saturated carbocycles. The van der Waals surface area contributed by atoms with Gasteiger partial charge in [-0.3, -0.25) is 9.78 Å². The molecule has 3 aromatic carbocycles. The van der Waals surface area contributed by atoms with Gasteiger partial charge in [-0.1, -0.05) is 42.5 Å². The normalized spacial score (nSPS) is 12.4. The largest absolute Gasteiger partial charge is 0.416 e. The zero-order chi connectivity index (χ0) is 21.8. The Morgan fingerprint density at radius 1 is 0.871 bits per heavy atom. The Morgan fingerprint density at radius 3 is 2.32 bits per heavy atom. The molecule has 2 N–H and O–H groups in total. The van der Waals surface area contributed by atoms with Gasteiger partial charge in [-0.15, -0.1) is 0 Å². The summed E-state index contributed by atoms with van der Waals surface area (Å²) >= 11 is 0. The number of anilines is 2. The predicted molar refractivity (Wildman–Crippen MR) is 115 cm³/mol. The van der Waals surface area contributed by atoms with E-state index in [0.29, 0.717) is 16.9 Å². The third-order valence-corrected chi connectivity index (χ3v) is 4.86. The van der Waals surface area contributed by atoms with Crippen LogP contribution < -0.4 is 10.6 Å². The Kier molecular flexibility index (Phi) is 5.58. The Hall–Kier alpha value is -3.87. The molecule has 4 nitrogen and oxygen atoms in total. The van der Waals surface area contributed by atoms with Crippen LogP contribution in [0.4, 0.5) is 24.5 Å². The lowest BCUT2D eigenvalue weighted by molar-refractivity contribution is -0.137. The van der Waals surface area contributed by atoms with Crippen LogP contribution in [0, 0.1) is 0 Å². The fourth-order valence-electron chi connectivity index (χ4n) is 3.30. The lowest BCUT2D eigenvalue weighted by atomic mass is 10.0. The van der Waals surface area contributed by atoms with E-state index in [4.69, 9.17) is 0 Å². The van der Waals surface area contributed by atoms with Crippen molar-refractivity contribution in [2.45, 2.75) is 12.2 Å². The highest BCUT2D eigenvalue weighted by atomic mass is 19.4. The van der Waals surface area contributed by atoms with E-state index in [9.17, 15) is 18.0 Å². The number of para-hydroxylation sites is 1. The molecule has 1 aromatic heterocycles. The molecule has 0 aliphatic carbocycles. The van der Waals surface area contributed by atoms with Crippen LogP contribution in [0.5, 0.6) is 0 Å². The Labute approximate surface area is 176 Å². The molecule has 0 spiro atoms. The number of nitrogens with zero attached hydrogens (tertiary/aromatic N) is 1. The summed E-state index contributed by atoms with van der Waals surface area (Å²) in [5, 5.41) is 7.69. The maximum absolute atomic E-state index is 13.2. The van der Waals surface area contributed by atoms with Gasteiger partial charge in [-0.25, -0.2) is 0 Å². The highest BCUT2D eigenvalue weighted by Crippen LogP contribution is 2.31. The number of hydrogen-bond acceptors (Lipinski definition) is 3. The van der Waals surface area contributed by atoms with Gasteiger partial charge in [0.2, 0.25) is 0 Å². The van der Waals surface area contributed by atoms with Gasteiger partial charge in [0.05, 0.1) is 5.56 Å². The number of amides is 1. The van der Waals surface area contributed by atoms with E-state index in [2.05, 4.69) is 15.6 Å². The Morgan fingerprint density at radius 2 is 1.61 bits per heavy atom. The second-order valence-corrected chi connectivity index (χ2v) is 6.95. The van der Waals surface area contributed by atoms with Gasteiger partial charge in [-0.05, 0) is 42.0 Å². The molecule has 1 heterocycles. The van der Waals surface area contributed by atoms with E-state index < -0.39 is 23.7 Å². The van der Waals surface area contributed by atoms with Gasteiger partial charge in [0.1, 0.15) is 6.04 Å². The molecule has 1 atom stereocenters. The minimum atomic E-state index is -4.44. The summed E-state index contributed by atoms with van der Waals surface area (Å²) < 4.78 is 38.9. The number of carbonyl (C=O) groups is 1. The van der Waals surface area contributed by atoms with Crippen LogP contribution in [0.25, 0.3) is 10.8 Å². The summed E-state index contributed by atoms with van der Waals surface area (Å²) in [4.78, 5) is 17.3. The first-order valence-corrected chi connectivity index (χ1v) is 9.54. The number of aromatic nitrogens is 1. The van der Waals surface area contributed by atoms with Crippen LogP contribution >= 0.6 is 0 Å². The first-order valence-electron chi connectivity index (χ1n) is 9.54. The minimum absolute atomic E-state index is 0.395. The number of halogens is 3. The van der Waals surface area contributed by atoms with Gasteiger partial charge in [-0.2, -0.15) is 13.2 Å².